The predicted molar refractivity (Wildman–Crippen MR) is 117 cm³/mol. The Kier molecular flexibility index (Phi) is 5.86. The molecule has 0 radical (unpaired) electrons. The summed E-state index contributed by atoms with van der Waals surface area (Å²) < 4.78 is 11.5. The second-order valence-electron chi connectivity index (χ2n) is 7.51. The third kappa shape index (κ3) is 4.01. The largest absolute Gasteiger partial charge is 0.493 e. The number of benzene rings is 1. The number of hydrogen-bond donors (Lipinski definition) is 1. The van der Waals surface area contributed by atoms with Crippen molar-refractivity contribution in [2.75, 3.05) is 20.3 Å². The number of nitrogens with one attached hydrogen (secondary N) is 1. The molecule has 1 aromatic carbocycles. The maximum absolute atomic E-state index is 5.86. The maximum Gasteiger partial charge on any atom is 0.164 e. The van der Waals surface area contributed by atoms with Gasteiger partial charge in [-0.25, -0.2) is 4.98 Å². The summed E-state index contributed by atoms with van der Waals surface area (Å²) in [6.07, 6.45) is 6.86. The summed E-state index contributed by atoms with van der Waals surface area (Å²) in [5.74, 6) is 1.63. The molecule has 1 atom stereocenters. The summed E-state index contributed by atoms with van der Waals surface area (Å²) >= 11 is 0. The minimum Gasteiger partial charge on any atom is -0.493 e. The molecular weight excluding hydrogens is 362 g/mol. The standard InChI is InChI=1S/C24H29N3O2/c1-4-8-18-13-17(14-22(28-3)23(18)29-5-2)16-27-12-7-10-21(27)20-15-19-9-6-11-25-24(19)26-20/h4,6,9,11,13-15,21H,1,5,7-8,10,12,16H2,2-3H3,(H,25,26). The van der Waals surface area contributed by atoms with Crippen LogP contribution in [0.5, 0.6) is 11.5 Å². The molecule has 0 bridgehead atoms. The number of hydrogen-bond acceptors (Lipinski definition) is 4. The van der Waals surface area contributed by atoms with Gasteiger partial charge in [0.25, 0.3) is 0 Å². The molecule has 0 aliphatic carbocycles. The Hall–Kier alpha value is -2.79. The Bertz CT molecular complexity index is 962. The van der Waals surface area contributed by atoms with Crippen molar-refractivity contribution >= 4 is 11.0 Å². The number of likely N-dealkylation sites (tertiary alicyclic amines) is 1. The van der Waals surface area contributed by atoms with Crippen molar-refractivity contribution in [3.63, 3.8) is 0 Å². The van der Waals surface area contributed by atoms with Crippen LogP contribution in [0.25, 0.3) is 11.0 Å². The van der Waals surface area contributed by atoms with Crippen LogP contribution >= 0.6 is 0 Å². The van der Waals surface area contributed by atoms with Crippen molar-refractivity contribution in [1.82, 2.24) is 14.9 Å². The molecule has 2 aromatic heterocycles. The number of allylic oxidation sites excluding steroid dienone is 1. The molecule has 5 heteroatoms. The van der Waals surface area contributed by atoms with E-state index in [4.69, 9.17) is 9.47 Å². The van der Waals surface area contributed by atoms with Gasteiger partial charge in [-0.3, -0.25) is 4.90 Å². The number of fused-ring (bicyclic) bond motifs is 1. The minimum absolute atomic E-state index is 0.379. The van der Waals surface area contributed by atoms with Crippen molar-refractivity contribution in [3.05, 3.63) is 66.0 Å². The SMILES string of the molecule is C=CCc1cc(CN2CCCC2c2cc3cccnc3[nH]2)cc(OC)c1OCC. The number of aromatic amines is 1. The van der Waals surface area contributed by atoms with Crippen LogP contribution in [0.2, 0.25) is 0 Å². The first kappa shape index (κ1) is 19.5. The minimum atomic E-state index is 0.379. The Morgan fingerprint density at radius 3 is 3.00 bits per heavy atom. The highest BCUT2D eigenvalue weighted by Crippen LogP contribution is 2.37. The van der Waals surface area contributed by atoms with Crippen molar-refractivity contribution in [3.8, 4) is 11.5 Å². The fraction of sp³-hybridized carbons (Fsp3) is 0.375. The fourth-order valence-corrected chi connectivity index (χ4v) is 4.34. The van der Waals surface area contributed by atoms with Gasteiger partial charge in [-0.1, -0.05) is 12.1 Å². The van der Waals surface area contributed by atoms with Crippen LogP contribution in [0.1, 0.15) is 42.6 Å². The van der Waals surface area contributed by atoms with E-state index < -0.39 is 0 Å². The van der Waals surface area contributed by atoms with Gasteiger partial charge in [-0.05, 0) is 62.6 Å². The van der Waals surface area contributed by atoms with Gasteiger partial charge in [-0.2, -0.15) is 0 Å². The van der Waals surface area contributed by atoms with Gasteiger partial charge in [0.15, 0.2) is 11.5 Å². The van der Waals surface area contributed by atoms with E-state index in [0.29, 0.717) is 12.6 Å². The van der Waals surface area contributed by atoms with Crippen LogP contribution in [0.4, 0.5) is 0 Å². The van der Waals surface area contributed by atoms with Gasteiger partial charge in [0, 0.05) is 29.4 Å². The Morgan fingerprint density at radius 1 is 1.34 bits per heavy atom. The number of aromatic nitrogens is 2. The van der Waals surface area contributed by atoms with E-state index in [9.17, 15) is 0 Å². The number of H-pyrrole nitrogens is 1. The van der Waals surface area contributed by atoms with Crippen molar-refractivity contribution in [2.45, 2.75) is 38.8 Å². The molecule has 1 aliphatic rings. The normalized spacial score (nSPS) is 17.0. The van der Waals surface area contributed by atoms with Crippen molar-refractivity contribution in [1.29, 1.82) is 0 Å². The highest BCUT2D eigenvalue weighted by atomic mass is 16.5. The number of nitrogens with zero attached hydrogens (tertiary/aromatic N) is 2. The molecule has 1 saturated heterocycles. The Morgan fingerprint density at radius 2 is 2.24 bits per heavy atom. The zero-order valence-electron chi connectivity index (χ0n) is 17.3. The summed E-state index contributed by atoms with van der Waals surface area (Å²) in [6, 6.07) is 11.1. The molecule has 29 heavy (non-hydrogen) atoms. The molecule has 0 saturated carbocycles. The van der Waals surface area contributed by atoms with E-state index in [0.717, 1.165) is 48.6 Å². The summed E-state index contributed by atoms with van der Waals surface area (Å²) in [6.45, 7) is 8.47. The number of pyridine rings is 1. The number of methoxy groups -OCH3 is 1. The lowest BCUT2D eigenvalue weighted by Gasteiger charge is -2.25. The molecule has 1 N–H and O–H groups in total. The zero-order valence-corrected chi connectivity index (χ0v) is 17.3. The molecular formula is C24H29N3O2. The predicted octanol–water partition coefficient (Wildman–Crippen LogP) is 5.04. The molecule has 1 unspecified atom stereocenters. The van der Waals surface area contributed by atoms with Crippen molar-refractivity contribution < 1.29 is 9.47 Å². The highest BCUT2D eigenvalue weighted by Gasteiger charge is 2.28. The summed E-state index contributed by atoms with van der Waals surface area (Å²) in [4.78, 5) is 10.5. The fourth-order valence-electron chi connectivity index (χ4n) is 4.34. The first-order valence-electron chi connectivity index (χ1n) is 10.3. The van der Waals surface area contributed by atoms with Crippen LogP contribution in [0.15, 0.2) is 49.2 Å². The zero-order chi connectivity index (χ0) is 20.2. The molecule has 1 fully saturated rings. The molecule has 152 valence electrons. The van der Waals surface area contributed by atoms with Gasteiger partial charge in [0.1, 0.15) is 5.65 Å². The molecule has 1 aliphatic heterocycles. The highest BCUT2D eigenvalue weighted by molar-refractivity contribution is 5.76. The van der Waals surface area contributed by atoms with Gasteiger partial charge in [0.05, 0.1) is 19.8 Å². The van der Waals surface area contributed by atoms with E-state index >= 15 is 0 Å². The monoisotopic (exact) mass is 391 g/mol. The van der Waals surface area contributed by atoms with Crippen LogP contribution in [0, 0.1) is 0 Å². The third-order valence-corrected chi connectivity index (χ3v) is 5.59. The quantitative estimate of drug-likeness (QED) is 0.547. The molecule has 5 nitrogen and oxygen atoms in total. The van der Waals surface area contributed by atoms with E-state index in [-0.39, 0.29) is 0 Å². The van der Waals surface area contributed by atoms with Gasteiger partial charge >= 0.3 is 0 Å². The second-order valence-corrected chi connectivity index (χ2v) is 7.51. The topological polar surface area (TPSA) is 50.4 Å². The smallest absolute Gasteiger partial charge is 0.164 e. The first-order chi connectivity index (χ1) is 14.2. The number of ether oxygens (including phenoxy) is 2. The van der Waals surface area contributed by atoms with Gasteiger partial charge < -0.3 is 14.5 Å². The first-order valence-corrected chi connectivity index (χ1v) is 10.3. The number of rotatable bonds is 8. The lowest BCUT2D eigenvalue weighted by atomic mass is 10.0. The Balaban J connectivity index is 1.61. The Labute approximate surface area is 172 Å². The van der Waals surface area contributed by atoms with Gasteiger partial charge in [-0.15, -0.1) is 6.58 Å². The van der Waals surface area contributed by atoms with E-state index in [1.807, 2.05) is 25.3 Å². The van der Waals surface area contributed by atoms with Crippen LogP contribution in [0.3, 0.4) is 0 Å². The second kappa shape index (κ2) is 8.70. The van der Waals surface area contributed by atoms with E-state index in [1.165, 1.54) is 23.1 Å². The summed E-state index contributed by atoms with van der Waals surface area (Å²) in [5, 5.41) is 1.17. The lowest BCUT2D eigenvalue weighted by Crippen LogP contribution is -2.23. The summed E-state index contributed by atoms with van der Waals surface area (Å²) in [7, 11) is 1.70. The molecule has 0 spiro atoms. The molecule has 3 heterocycles. The summed E-state index contributed by atoms with van der Waals surface area (Å²) in [5.41, 5.74) is 4.58. The van der Waals surface area contributed by atoms with Gasteiger partial charge in [0.2, 0.25) is 0 Å². The van der Waals surface area contributed by atoms with Crippen LogP contribution in [-0.2, 0) is 13.0 Å². The molecule has 4 rings (SSSR count). The molecule has 3 aromatic rings. The van der Waals surface area contributed by atoms with E-state index in [2.05, 4.69) is 45.7 Å². The van der Waals surface area contributed by atoms with E-state index in [1.54, 1.807) is 7.11 Å². The van der Waals surface area contributed by atoms with Crippen molar-refractivity contribution in [2.24, 2.45) is 0 Å². The average Bonchev–Trinajstić information content (AvgIpc) is 3.36. The lowest BCUT2D eigenvalue weighted by molar-refractivity contribution is 0.244. The average molecular weight is 392 g/mol. The maximum atomic E-state index is 5.86. The van der Waals surface area contributed by atoms with Crippen LogP contribution in [-0.4, -0.2) is 35.1 Å². The molecule has 0 amide bonds. The third-order valence-electron chi connectivity index (χ3n) is 5.59. The van der Waals surface area contributed by atoms with Crippen LogP contribution < -0.4 is 9.47 Å².